The summed E-state index contributed by atoms with van der Waals surface area (Å²) in [4.78, 5) is 26.4. The molecule has 1 aliphatic rings. The van der Waals surface area contributed by atoms with Crippen molar-refractivity contribution < 1.29 is 27.5 Å². The quantitative estimate of drug-likeness (QED) is 0.357. The lowest BCUT2D eigenvalue weighted by Crippen LogP contribution is -2.30. The van der Waals surface area contributed by atoms with Gasteiger partial charge in [-0.05, 0) is 49.6 Å². The highest BCUT2D eigenvalue weighted by Gasteiger charge is 2.34. The number of alkyl halides is 3. The Morgan fingerprint density at radius 1 is 1.21 bits per heavy atom. The van der Waals surface area contributed by atoms with Crippen molar-refractivity contribution in [2.24, 2.45) is 0 Å². The molecule has 0 unspecified atom stereocenters. The maximum Gasteiger partial charge on any atom is 0.417 e. The lowest BCUT2D eigenvalue weighted by atomic mass is 10.0. The summed E-state index contributed by atoms with van der Waals surface area (Å²) in [7, 11) is 0. The van der Waals surface area contributed by atoms with Gasteiger partial charge in [-0.25, -0.2) is 0 Å². The molecule has 5 nitrogen and oxygen atoms in total. The van der Waals surface area contributed by atoms with Crippen LogP contribution in [0.2, 0.25) is 0 Å². The number of amides is 2. The number of carbonyl (C=O) groups excluding carboxylic acids is 2. The largest absolute Gasteiger partial charge is 0.493 e. The van der Waals surface area contributed by atoms with E-state index in [0.29, 0.717) is 43.2 Å². The predicted octanol–water partition coefficient (Wildman–Crippen LogP) is 5.40. The van der Waals surface area contributed by atoms with Gasteiger partial charge in [-0.2, -0.15) is 13.2 Å². The summed E-state index contributed by atoms with van der Waals surface area (Å²) in [6, 6.07) is 10.7. The summed E-state index contributed by atoms with van der Waals surface area (Å²) in [6.07, 6.45) is -2.66. The van der Waals surface area contributed by atoms with Gasteiger partial charge < -0.3 is 15.0 Å². The minimum atomic E-state index is -4.61. The van der Waals surface area contributed by atoms with Crippen LogP contribution in [0.15, 0.2) is 58.8 Å². The zero-order chi connectivity index (χ0) is 24.7. The van der Waals surface area contributed by atoms with Gasteiger partial charge in [0.25, 0.3) is 5.91 Å². The molecule has 2 amide bonds. The van der Waals surface area contributed by atoms with Crippen molar-refractivity contribution in [3.05, 3.63) is 60.2 Å². The average Bonchev–Trinajstić information content (AvgIpc) is 3.21. The van der Waals surface area contributed by atoms with Gasteiger partial charge >= 0.3 is 6.18 Å². The lowest BCUT2D eigenvalue weighted by molar-refractivity contribution is -0.139. The number of carbonyl (C=O) groups is 2. The number of hydrogen-bond donors (Lipinski definition) is 1. The molecule has 0 bridgehead atoms. The Labute approximate surface area is 201 Å². The number of para-hydroxylation sites is 1. The van der Waals surface area contributed by atoms with Gasteiger partial charge in [0.1, 0.15) is 5.75 Å². The van der Waals surface area contributed by atoms with Crippen LogP contribution in [0.4, 0.5) is 13.2 Å². The summed E-state index contributed by atoms with van der Waals surface area (Å²) in [5.74, 6) is 0.0758. The fourth-order valence-corrected chi connectivity index (χ4v) is 4.64. The van der Waals surface area contributed by atoms with E-state index < -0.39 is 17.6 Å². The summed E-state index contributed by atoms with van der Waals surface area (Å²) < 4.78 is 47.1. The Bertz CT molecular complexity index is 1060. The van der Waals surface area contributed by atoms with Crippen LogP contribution in [-0.2, 0) is 15.8 Å². The maximum atomic E-state index is 13.9. The Kier molecular flexibility index (Phi) is 8.66. The van der Waals surface area contributed by atoms with Crippen molar-refractivity contribution in [3.63, 3.8) is 0 Å². The third-order valence-corrected chi connectivity index (χ3v) is 6.47. The molecule has 182 valence electrons. The van der Waals surface area contributed by atoms with Crippen LogP contribution >= 0.6 is 11.8 Å². The summed E-state index contributed by atoms with van der Waals surface area (Å²) in [6.45, 7) is 7.46. The molecular weight excluding hydrogens is 465 g/mol. The van der Waals surface area contributed by atoms with Gasteiger partial charge in [-0.3, -0.25) is 9.59 Å². The molecule has 9 heteroatoms. The first-order chi connectivity index (χ1) is 16.2. The number of halogens is 3. The van der Waals surface area contributed by atoms with Crippen molar-refractivity contribution in [1.82, 2.24) is 10.2 Å². The minimum absolute atomic E-state index is 0.00638. The van der Waals surface area contributed by atoms with Gasteiger partial charge in [0.2, 0.25) is 5.91 Å². The predicted molar refractivity (Wildman–Crippen MR) is 126 cm³/mol. The van der Waals surface area contributed by atoms with E-state index in [1.54, 1.807) is 36.1 Å². The standard InChI is InChI=1S/C25H27F3N2O3S/c1-3-33-20-8-4-5-9-22(20)34-21-12-11-18(16-19(21)25(26,27)28)17(2)24(32)29-13-7-15-30-14-6-10-23(30)31/h4-5,8-9,11-12,16H,2-3,6-7,10,13-15H2,1H3,(H,29,32). The molecule has 2 aromatic carbocycles. The first-order valence-electron chi connectivity index (χ1n) is 11.1. The second kappa shape index (κ2) is 11.5. The molecule has 0 saturated carbocycles. The van der Waals surface area contributed by atoms with E-state index in [1.807, 2.05) is 0 Å². The molecule has 34 heavy (non-hydrogen) atoms. The summed E-state index contributed by atoms with van der Waals surface area (Å²) >= 11 is 0.958. The van der Waals surface area contributed by atoms with Crippen LogP contribution in [0, 0.1) is 0 Å². The average molecular weight is 493 g/mol. The smallest absolute Gasteiger partial charge is 0.417 e. The van der Waals surface area contributed by atoms with Crippen molar-refractivity contribution in [2.75, 3.05) is 26.2 Å². The molecule has 0 aromatic heterocycles. The highest BCUT2D eigenvalue weighted by Crippen LogP contribution is 2.43. The van der Waals surface area contributed by atoms with Gasteiger partial charge in [-0.15, -0.1) is 0 Å². The van der Waals surface area contributed by atoms with E-state index in [0.717, 1.165) is 30.8 Å². The number of likely N-dealkylation sites (tertiary alicyclic amines) is 1. The summed E-state index contributed by atoms with van der Waals surface area (Å²) in [5, 5.41) is 2.67. The van der Waals surface area contributed by atoms with Crippen molar-refractivity contribution in [2.45, 2.75) is 42.2 Å². The molecule has 2 aromatic rings. The Balaban J connectivity index is 1.69. The van der Waals surface area contributed by atoms with Crippen molar-refractivity contribution in [3.8, 4) is 5.75 Å². The number of nitrogens with zero attached hydrogens (tertiary/aromatic N) is 1. The Hall–Kier alpha value is -2.94. The van der Waals surface area contributed by atoms with Crippen LogP contribution in [0.5, 0.6) is 5.75 Å². The van der Waals surface area contributed by atoms with Crippen LogP contribution in [0.25, 0.3) is 5.57 Å². The molecule has 1 N–H and O–H groups in total. The van der Waals surface area contributed by atoms with Crippen LogP contribution in [-0.4, -0.2) is 43.0 Å². The van der Waals surface area contributed by atoms with E-state index in [1.165, 1.54) is 12.1 Å². The lowest BCUT2D eigenvalue weighted by Gasteiger charge is -2.17. The van der Waals surface area contributed by atoms with E-state index in [4.69, 9.17) is 4.74 Å². The van der Waals surface area contributed by atoms with E-state index >= 15 is 0 Å². The molecule has 3 rings (SSSR count). The van der Waals surface area contributed by atoms with Crippen LogP contribution in [0.1, 0.15) is 37.3 Å². The normalized spacial score (nSPS) is 13.8. The number of benzene rings is 2. The van der Waals surface area contributed by atoms with Gasteiger partial charge in [-0.1, -0.05) is 36.5 Å². The Morgan fingerprint density at radius 2 is 1.97 bits per heavy atom. The van der Waals surface area contributed by atoms with E-state index in [9.17, 15) is 22.8 Å². The zero-order valence-electron chi connectivity index (χ0n) is 18.9. The molecule has 0 aliphatic carbocycles. The Morgan fingerprint density at radius 3 is 2.65 bits per heavy atom. The van der Waals surface area contributed by atoms with Crippen molar-refractivity contribution in [1.29, 1.82) is 0 Å². The molecule has 1 heterocycles. The van der Waals surface area contributed by atoms with E-state index in [2.05, 4.69) is 11.9 Å². The SMILES string of the molecule is C=C(C(=O)NCCCN1CCCC1=O)c1ccc(Sc2ccccc2OCC)c(C(F)(F)F)c1. The van der Waals surface area contributed by atoms with Crippen LogP contribution < -0.4 is 10.1 Å². The first kappa shape index (κ1) is 25.7. The third-order valence-electron chi connectivity index (χ3n) is 5.34. The number of hydrogen-bond acceptors (Lipinski definition) is 4. The molecule has 0 radical (unpaired) electrons. The summed E-state index contributed by atoms with van der Waals surface area (Å²) in [5.41, 5.74) is -0.793. The van der Waals surface area contributed by atoms with Crippen LogP contribution in [0.3, 0.4) is 0 Å². The van der Waals surface area contributed by atoms with Gasteiger partial charge in [0, 0.05) is 36.5 Å². The molecule has 0 atom stereocenters. The third kappa shape index (κ3) is 6.56. The second-order valence-electron chi connectivity index (χ2n) is 7.76. The number of ether oxygens (including phenoxy) is 1. The van der Waals surface area contributed by atoms with E-state index in [-0.39, 0.29) is 21.9 Å². The molecular formula is C25H27F3N2O3S. The first-order valence-corrected chi connectivity index (χ1v) is 11.9. The minimum Gasteiger partial charge on any atom is -0.493 e. The van der Waals surface area contributed by atoms with Gasteiger partial charge in [0.15, 0.2) is 0 Å². The number of nitrogens with one attached hydrogen (secondary N) is 1. The molecule has 1 fully saturated rings. The van der Waals surface area contributed by atoms with Crippen molar-refractivity contribution >= 4 is 29.1 Å². The molecule has 1 saturated heterocycles. The maximum absolute atomic E-state index is 13.9. The van der Waals surface area contributed by atoms with Gasteiger partial charge in [0.05, 0.1) is 17.1 Å². The highest BCUT2D eigenvalue weighted by atomic mass is 32.2. The fourth-order valence-electron chi connectivity index (χ4n) is 3.61. The number of rotatable bonds is 10. The molecule has 1 aliphatic heterocycles. The highest BCUT2D eigenvalue weighted by molar-refractivity contribution is 7.99. The zero-order valence-corrected chi connectivity index (χ0v) is 19.7. The topological polar surface area (TPSA) is 58.6 Å². The second-order valence-corrected chi connectivity index (χ2v) is 8.85. The molecule has 0 spiro atoms. The monoisotopic (exact) mass is 492 g/mol. The fraction of sp³-hybridized carbons (Fsp3) is 0.360.